The topological polar surface area (TPSA) is 0 Å². The van der Waals surface area contributed by atoms with E-state index in [0.717, 1.165) is 4.37 Å². The van der Waals surface area contributed by atoms with Crippen molar-refractivity contribution in [2.75, 3.05) is 0 Å². The molecule has 0 unspecified atom stereocenters. The van der Waals surface area contributed by atoms with Crippen molar-refractivity contribution in [3.05, 3.63) is 127 Å². The first-order valence-electron chi connectivity index (χ1n) is 8.98. The number of rotatable bonds is 5. The summed E-state index contributed by atoms with van der Waals surface area (Å²) >= 11 is -3.02. The molecule has 127 valence electrons. The standard InChI is InChI=1S/C7H7.3C6H5.Sb/c1-7-5-3-2-4-6-7;3*1-2-4-6-5-3-1;/h2-6H,1H2;3*1-5H;. The van der Waals surface area contributed by atoms with Crippen LogP contribution in [0.25, 0.3) is 0 Å². The Labute approximate surface area is 160 Å². The summed E-state index contributed by atoms with van der Waals surface area (Å²) in [5.41, 5.74) is 1.43. The zero-order valence-corrected chi connectivity index (χ0v) is 17.3. The van der Waals surface area contributed by atoms with Gasteiger partial charge in [0, 0.05) is 0 Å². The van der Waals surface area contributed by atoms with Crippen LogP contribution in [0.5, 0.6) is 0 Å². The van der Waals surface area contributed by atoms with Crippen LogP contribution < -0.4 is 10.5 Å². The van der Waals surface area contributed by atoms with Crippen LogP contribution in [0.15, 0.2) is 121 Å². The summed E-state index contributed by atoms with van der Waals surface area (Å²) in [5, 5.41) is 0. The van der Waals surface area contributed by atoms with Gasteiger partial charge in [0.25, 0.3) is 0 Å². The summed E-state index contributed by atoms with van der Waals surface area (Å²) in [6.07, 6.45) is 0. The van der Waals surface area contributed by atoms with Crippen LogP contribution in [0.2, 0.25) is 0 Å². The molecule has 0 N–H and O–H groups in total. The van der Waals surface area contributed by atoms with Gasteiger partial charge in [-0.15, -0.1) is 0 Å². The third-order valence-electron chi connectivity index (χ3n) is 4.85. The van der Waals surface area contributed by atoms with Crippen LogP contribution in [-0.2, 0) is 4.37 Å². The second kappa shape index (κ2) is 7.94. The summed E-state index contributed by atoms with van der Waals surface area (Å²) in [4.78, 5) is 0. The van der Waals surface area contributed by atoms with Crippen LogP contribution in [0.3, 0.4) is 0 Å². The third-order valence-corrected chi connectivity index (χ3v) is 17.4. The Balaban J connectivity index is 2.00. The van der Waals surface area contributed by atoms with Crippen LogP contribution in [0, 0.1) is 0 Å². The zero-order chi connectivity index (χ0) is 17.7. The molecule has 1 heteroatoms. The average molecular weight is 444 g/mol. The van der Waals surface area contributed by atoms with Gasteiger partial charge < -0.3 is 0 Å². The van der Waals surface area contributed by atoms with E-state index in [1.807, 2.05) is 0 Å². The summed E-state index contributed by atoms with van der Waals surface area (Å²) in [6, 6.07) is 44.5. The van der Waals surface area contributed by atoms with E-state index in [0.29, 0.717) is 0 Å². The number of hydrogen-bond acceptors (Lipinski definition) is 0. The van der Waals surface area contributed by atoms with E-state index in [2.05, 4.69) is 121 Å². The average Bonchev–Trinajstić information content (AvgIpc) is 2.75. The van der Waals surface area contributed by atoms with E-state index in [9.17, 15) is 0 Å². The van der Waals surface area contributed by atoms with Gasteiger partial charge >= 0.3 is 161 Å². The molecule has 0 bridgehead atoms. The first kappa shape index (κ1) is 17.1. The molecule has 4 aromatic rings. The maximum atomic E-state index is 2.34. The normalized spacial score (nSPS) is 11.2. The van der Waals surface area contributed by atoms with Gasteiger partial charge in [-0.2, -0.15) is 0 Å². The number of benzene rings is 4. The van der Waals surface area contributed by atoms with Crippen molar-refractivity contribution in [1.82, 2.24) is 0 Å². The zero-order valence-electron chi connectivity index (χ0n) is 14.7. The van der Waals surface area contributed by atoms with Gasteiger partial charge in [0.05, 0.1) is 0 Å². The molecule has 0 aromatic heterocycles. The molecule has 4 aromatic carbocycles. The minimum absolute atomic E-state index is 1.12. The fraction of sp³-hybridized carbons (Fsp3) is 0.0400. The predicted octanol–water partition coefficient (Wildman–Crippen LogP) is 3.94. The van der Waals surface area contributed by atoms with Gasteiger partial charge in [-0.05, 0) is 0 Å². The molecule has 0 atom stereocenters. The fourth-order valence-corrected chi connectivity index (χ4v) is 15.7. The van der Waals surface area contributed by atoms with Gasteiger partial charge in [-0.25, -0.2) is 0 Å². The van der Waals surface area contributed by atoms with Crippen molar-refractivity contribution in [2.24, 2.45) is 0 Å². The summed E-state index contributed by atoms with van der Waals surface area (Å²) in [7, 11) is 0. The van der Waals surface area contributed by atoms with Gasteiger partial charge in [0.2, 0.25) is 0 Å². The first-order chi connectivity index (χ1) is 12.9. The Morgan fingerprint density at radius 3 is 1.04 bits per heavy atom. The molecular weight excluding hydrogens is 422 g/mol. The van der Waals surface area contributed by atoms with E-state index in [-0.39, 0.29) is 0 Å². The van der Waals surface area contributed by atoms with Crippen LogP contribution in [0.4, 0.5) is 0 Å². The van der Waals surface area contributed by atoms with Crippen LogP contribution in [0.1, 0.15) is 5.56 Å². The van der Waals surface area contributed by atoms with Crippen molar-refractivity contribution in [1.29, 1.82) is 0 Å². The Kier molecular flexibility index (Phi) is 5.23. The van der Waals surface area contributed by atoms with Gasteiger partial charge in [-0.3, -0.25) is 0 Å². The van der Waals surface area contributed by atoms with E-state index in [4.69, 9.17) is 0 Å². The molecule has 1 radical (unpaired) electrons. The third kappa shape index (κ3) is 3.35. The molecule has 0 saturated heterocycles. The molecular formula is C25H22Sb. The quantitative estimate of drug-likeness (QED) is 0.410. The second-order valence-corrected chi connectivity index (χ2v) is 16.4. The van der Waals surface area contributed by atoms with Gasteiger partial charge in [-0.1, -0.05) is 0 Å². The maximum absolute atomic E-state index is 3.02. The fourth-order valence-electron chi connectivity index (χ4n) is 3.63. The minimum atomic E-state index is -3.02. The van der Waals surface area contributed by atoms with E-state index < -0.39 is 18.8 Å². The monoisotopic (exact) mass is 443 g/mol. The van der Waals surface area contributed by atoms with E-state index in [1.54, 1.807) is 0 Å². The second-order valence-electron chi connectivity index (χ2n) is 6.46. The Morgan fingerprint density at radius 1 is 0.385 bits per heavy atom. The summed E-state index contributed by atoms with van der Waals surface area (Å²) < 4.78 is 5.68. The summed E-state index contributed by atoms with van der Waals surface area (Å²) in [6.45, 7) is 0. The molecule has 26 heavy (non-hydrogen) atoms. The SMILES string of the molecule is c1ccc([CH2][Sb]([c]2ccccc2)([c]2ccccc2)[c]2ccccc2)cc1. The molecule has 0 fully saturated rings. The van der Waals surface area contributed by atoms with Crippen LogP contribution in [-0.4, -0.2) is 18.8 Å². The molecule has 4 rings (SSSR count). The molecule has 0 aliphatic carbocycles. The van der Waals surface area contributed by atoms with Crippen molar-refractivity contribution < 1.29 is 0 Å². The van der Waals surface area contributed by atoms with Crippen molar-refractivity contribution in [3.63, 3.8) is 0 Å². The van der Waals surface area contributed by atoms with Crippen LogP contribution >= 0.6 is 0 Å². The molecule has 0 aliphatic rings. The Bertz CT molecular complexity index is 836. The van der Waals surface area contributed by atoms with Crippen molar-refractivity contribution in [2.45, 2.75) is 4.37 Å². The molecule has 0 amide bonds. The molecule has 0 spiro atoms. The molecule has 0 nitrogen and oxygen atoms in total. The molecule has 0 heterocycles. The van der Waals surface area contributed by atoms with Gasteiger partial charge in [0.1, 0.15) is 0 Å². The van der Waals surface area contributed by atoms with E-state index >= 15 is 0 Å². The predicted molar refractivity (Wildman–Crippen MR) is 114 cm³/mol. The number of hydrogen-bond donors (Lipinski definition) is 0. The van der Waals surface area contributed by atoms with E-state index in [1.165, 1.54) is 16.1 Å². The molecule has 0 saturated carbocycles. The molecule has 0 aliphatic heterocycles. The Hall–Kier alpha value is -2.30. The first-order valence-corrected chi connectivity index (χ1v) is 14.6. The Morgan fingerprint density at radius 2 is 0.692 bits per heavy atom. The van der Waals surface area contributed by atoms with Gasteiger partial charge in [0.15, 0.2) is 0 Å². The summed E-state index contributed by atoms with van der Waals surface area (Å²) in [5.74, 6) is 0. The van der Waals surface area contributed by atoms with Crippen molar-refractivity contribution >= 4 is 29.3 Å². The van der Waals surface area contributed by atoms with Crippen molar-refractivity contribution in [3.8, 4) is 0 Å².